The van der Waals surface area contributed by atoms with Gasteiger partial charge in [0.25, 0.3) is 0 Å². The number of carbonyl (C=O) groups excluding carboxylic acids is 3. The predicted octanol–water partition coefficient (Wildman–Crippen LogP) is 0.751. The number of piperazine rings is 1. The predicted molar refractivity (Wildman–Crippen MR) is 84.8 cm³/mol. The topological polar surface area (TPSA) is 78.5 Å². The zero-order valence-electron chi connectivity index (χ0n) is 11.8. The molecule has 0 radical (unpaired) electrons. The monoisotopic (exact) mass is 365 g/mol. The standard InChI is InChI=1S/C15H16BrN3O3/c1-2-12(20)18-9-13(21)19-8-7-17-15(22)14(19)10-3-5-11(16)6-4-10/h2-6,14H,1,7-9H2,(H,17,22)(H,18,20). The molecular weight excluding hydrogens is 350 g/mol. The van der Waals surface area contributed by atoms with Crippen LogP contribution in [0.1, 0.15) is 11.6 Å². The molecule has 1 saturated heterocycles. The third-order valence-electron chi connectivity index (χ3n) is 3.32. The van der Waals surface area contributed by atoms with Gasteiger partial charge in [-0.05, 0) is 23.8 Å². The fourth-order valence-corrected chi connectivity index (χ4v) is 2.51. The van der Waals surface area contributed by atoms with Gasteiger partial charge in [0.15, 0.2) is 0 Å². The largest absolute Gasteiger partial charge is 0.352 e. The van der Waals surface area contributed by atoms with Gasteiger partial charge in [-0.3, -0.25) is 14.4 Å². The molecular formula is C15H16BrN3O3. The Bertz CT molecular complexity index is 601. The first kappa shape index (κ1) is 16.2. The highest BCUT2D eigenvalue weighted by Crippen LogP contribution is 2.24. The van der Waals surface area contributed by atoms with E-state index in [1.165, 1.54) is 4.90 Å². The smallest absolute Gasteiger partial charge is 0.247 e. The van der Waals surface area contributed by atoms with Crippen LogP contribution < -0.4 is 10.6 Å². The van der Waals surface area contributed by atoms with Crippen LogP contribution in [0, 0.1) is 0 Å². The maximum atomic E-state index is 12.3. The van der Waals surface area contributed by atoms with Crippen molar-refractivity contribution in [3.05, 3.63) is 47.0 Å². The Kier molecular flexibility index (Phi) is 5.32. The lowest BCUT2D eigenvalue weighted by Gasteiger charge is -2.35. The molecule has 6 nitrogen and oxygen atoms in total. The average molecular weight is 366 g/mol. The van der Waals surface area contributed by atoms with Gasteiger partial charge in [0.2, 0.25) is 17.7 Å². The number of hydrogen-bond acceptors (Lipinski definition) is 3. The first-order chi connectivity index (χ1) is 10.5. The molecule has 0 spiro atoms. The second-order valence-corrected chi connectivity index (χ2v) is 5.67. The lowest BCUT2D eigenvalue weighted by molar-refractivity contribution is -0.143. The Balaban J connectivity index is 2.17. The van der Waals surface area contributed by atoms with Gasteiger partial charge < -0.3 is 15.5 Å². The van der Waals surface area contributed by atoms with Crippen LogP contribution in [-0.2, 0) is 14.4 Å². The minimum absolute atomic E-state index is 0.162. The lowest BCUT2D eigenvalue weighted by atomic mass is 10.0. The van der Waals surface area contributed by atoms with E-state index in [1.807, 2.05) is 12.1 Å². The summed E-state index contributed by atoms with van der Waals surface area (Å²) < 4.78 is 0.892. The van der Waals surface area contributed by atoms with Gasteiger partial charge in [0.05, 0.1) is 6.54 Å². The number of benzene rings is 1. The highest BCUT2D eigenvalue weighted by molar-refractivity contribution is 9.10. The molecule has 0 aliphatic carbocycles. The first-order valence-corrected chi connectivity index (χ1v) is 7.55. The zero-order valence-corrected chi connectivity index (χ0v) is 13.4. The summed E-state index contributed by atoms with van der Waals surface area (Å²) in [6, 6.07) is 6.54. The maximum absolute atomic E-state index is 12.3. The molecule has 1 fully saturated rings. The normalized spacial score (nSPS) is 17.6. The molecule has 116 valence electrons. The summed E-state index contributed by atoms with van der Waals surface area (Å²) in [5.74, 6) is -0.954. The second kappa shape index (κ2) is 7.22. The highest BCUT2D eigenvalue weighted by atomic mass is 79.9. The molecule has 1 aliphatic heterocycles. The van der Waals surface area contributed by atoms with Gasteiger partial charge in [-0.1, -0.05) is 34.6 Å². The minimum atomic E-state index is -0.685. The maximum Gasteiger partial charge on any atom is 0.247 e. The van der Waals surface area contributed by atoms with Gasteiger partial charge in [-0.15, -0.1) is 0 Å². The van der Waals surface area contributed by atoms with Crippen molar-refractivity contribution in [1.82, 2.24) is 15.5 Å². The van der Waals surface area contributed by atoms with Crippen molar-refractivity contribution in [2.24, 2.45) is 0 Å². The molecule has 22 heavy (non-hydrogen) atoms. The first-order valence-electron chi connectivity index (χ1n) is 6.76. The summed E-state index contributed by atoms with van der Waals surface area (Å²) in [6.07, 6.45) is 1.10. The van der Waals surface area contributed by atoms with E-state index in [2.05, 4.69) is 33.1 Å². The number of hydrogen-bond donors (Lipinski definition) is 2. The molecule has 0 bridgehead atoms. The van der Waals surface area contributed by atoms with Crippen LogP contribution in [-0.4, -0.2) is 42.3 Å². The molecule has 0 aromatic heterocycles. The van der Waals surface area contributed by atoms with Crippen LogP contribution in [0.4, 0.5) is 0 Å². The van der Waals surface area contributed by atoms with Gasteiger partial charge in [-0.25, -0.2) is 0 Å². The van der Waals surface area contributed by atoms with E-state index in [1.54, 1.807) is 12.1 Å². The van der Waals surface area contributed by atoms with Crippen LogP contribution in [0.25, 0.3) is 0 Å². The molecule has 2 N–H and O–H groups in total. The summed E-state index contributed by atoms with van der Waals surface area (Å²) in [5.41, 5.74) is 0.726. The van der Waals surface area contributed by atoms with Crippen molar-refractivity contribution in [1.29, 1.82) is 0 Å². The number of rotatable bonds is 4. The fourth-order valence-electron chi connectivity index (χ4n) is 2.25. The van der Waals surface area contributed by atoms with Crippen LogP contribution in [0.3, 0.4) is 0 Å². The SMILES string of the molecule is C=CC(=O)NCC(=O)N1CCNC(=O)C1c1ccc(Br)cc1. The van der Waals surface area contributed by atoms with Crippen LogP contribution >= 0.6 is 15.9 Å². The van der Waals surface area contributed by atoms with Crippen LogP contribution in [0.2, 0.25) is 0 Å². The third kappa shape index (κ3) is 3.73. The molecule has 0 saturated carbocycles. The summed E-state index contributed by atoms with van der Waals surface area (Å²) in [7, 11) is 0. The van der Waals surface area contributed by atoms with Gasteiger partial charge in [-0.2, -0.15) is 0 Å². The van der Waals surface area contributed by atoms with E-state index in [9.17, 15) is 14.4 Å². The Labute approximate surface area is 136 Å². The van der Waals surface area contributed by atoms with Gasteiger partial charge >= 0.3 is 0 Å². The van der Waals surface area contributed by atoms with E-state index in [0.717, 1.165) is 16.1 Å². The number of halogens is 1. The number of amides is 3. The molecule has 7 heteroatoms. The summed E-state index contributed by atoms with van der Waals surface area (Å²) in [6.45, 7) is 3.96. The average Bonchev–Trinajstić information content (AvgIpc) is 2.53. The van der Waals surface area contributed by atoms with Crippen LogP contribution in [0.5, 0.6) is 0 Å². The quantitative estimate of drug-likeness (QED) is 0.772. The Hall–Kier alpha value is -2.15. The molecule has 1 aromatic rings. The Morgan fingerprint density at radius 3 is 2.73 bits per heavy atom. The highest BCUT2D eigenvalue weighted by Gasteiger charge is 2.34. The second-order valence-electron chi connectivity index (χ2n) is 4.75. The lowest BCUT2D eigenvalue weighted by Crippen LogP contribution is -2.54. The molecule has 3 amide bonds. The number of nitrogens with one attached hydrogen (secondary N) is 2. The molecule has 1 heterocycles. The molecule has 2 rings (SSSR count). The molecule has 1 atom stereocenters. The van der Waals surface area contributed by atoms with Crippen LogP contribution in [0.15, 0.2) is 41.4 Å². The summed E-state index contributed by atoms with van der Waals surface area (Å²) in [5, 5.41) is 5.20. The van der Waals surface area contributed by atoms with Crippen molar-refractivity contribution in [3.8, 4) is 0 Å². The third-order valence-corrected chi connectivity index (χ3v) is 3.85. The van der Waals surface area contributed by atoms with Crippen molar-refractivity contribution in [3.63, 3.8) is 0 Å². The molecule has 1 aromatic carbocycles. The van der Waals surface area contributed by atoms with Crippen molar-refractivity contribution < 1.29 is 14.4 Å². The van der Waals surface area contributed by atoms with E-state index >= 15 is 0 Å². The molecule has 1 aliphatic rings. The van der Waals surface area contributed by atoms with E-state index in [0.29, 0.717) is 13.1 Å². The van der Waals surface area contributed by atoms with Gasteiger partial charge in [0.1, 0.15) is 6.04 Å². The summed E-state index contributed by atoms with van der Waals surface area (Å²) in [4.78, 5) is 37.1. The Morgan fingerprint density at radius 1 is 1.41 bits per heavy atom. The van der Waals surface area contributed by atoms with Crippen molar-refractivity contribution >= 4 is 33.7 Å². The zero-order chi connectivity index (χ0) is 16.1. The van der Waals surface area contributed by atoms with Crippen molar-refractivity contribution in [2.45, 2.75) is 6.04 Å². The number of carbonyl (C=O) groups is 3. The summed E-state index contributed by atoms with van der Waals surface area (Å²) >= 11 is 3.34. The van der Waals surface area contributed by atoms with E-state index < -0.39 is 11.9 Å². The fraction of sp³-hybridized carbons (Fsp3) is 0.267. The van der Waals surface area contributed by atoms with Gasteiger partial charge in [0, 0.05) is 17.6 Å². The van der Waals surface area contributed by atoms with Crippen molar-refractivity contribution in [2.75, 3.05) is 19.6 Å². The Morgan fingerprint density at radius 2 is 2.09 bits per heavy atom. The van der Waals surface area contributed by atoms with E-state index in [4.69, 9.17) is 0 Å². The van der Waals surface area contributed by atoms with E-state index in [-0.39, 0.29) is 18.4 Å². The minimum Gasteiger partial charge on any atom is -0.352 e. The number of nitrogens with zero attached hydrogens (tertiary/aromatic N) is 1. The molecule has 1 unspecified atom stereocenters.